The Hall–Kier alpha value is -0.286. The molecule has 1 nitrogen and oxygen atoms in total. The van der Waals surface area contributed by atoms with Gasteiger partial charge in [0.2, 0.25) is 0 Å². The minimum atomic E-state index is 1.16. The second-order valence-electron chi connectivity index (χ2n) is 5.29. The third-order valence-corrected chi connectivity index (χ3v) is 4.71. The fraction of sp³-hybridized carbons (Fsp3) is 0.750. The van der Waals surface area contributed by atoms with Gasteiger partial charge in [-0.15, -0.1) is 0 Å². The molecule has 0 aromatic rings. The van der Waals surface area contributed by atoms with Crippen LogP contribution in [0.2, 0.25) is 12.1 Å². The summed E-state index contributed by atoms with van der Waals surface area (Å²) in [5, 5.41) is 0. The van der Waals surface area contributed by atoms with Gasteiger partial charge in [0.25, 0.3) is 0 Å². The van der Waals surface area contributed by atoms with Crippen molar-refractivity contribution in [2.24, 2.45) is 0 Å². The van der Waals surface area contributed by atoms with E-state index in [2.05, 4.69) is 12.2 Å². The van der Waals surface area contributed by atoms with Crippen molar-refractivity contribution in [3.63, 3.8) is 0 Å². The van der Waals surface area contributed by atoms with Crippen LogP contribution in [0.5, 0.6) is 0 Å². The van der Waals surface area contributed by atoms with Gasteiger partial charge in [0, 0.05) is 20.5 Å². The minimum absolute atomic E-state index is 1.16. The SMILES string of the molecule is [SiH3]CCCCCC/C=C/O/C=C/CCCCCC[SiH3]. The molecule has 112 valence electrons. The van der Waals surface area contributed by atoms with E-state index in [-0.39, 0.29) is 0 Å². The van der Waals surface area contributed by atoms with Crippen LogP contribution in [0.1, 0.15) is 64.2 Å². The molecule has 0 rings (SSSR count). The highest BCUT2D eigenvalue weighted by molar-refractivity contribution is 6.08. The molecule has 0 aromatic carbocycles. The molecular formula is C16H34OSi2. The number of hydrogen-bond acceptors (Lipinski definition) is 1. The molecule has 0 saturated heterocycles. The van der Waals surface area contributed by atoms with Gasteiger partial charge >= 0.3 is 0 Å². The highest BCUT2D eigenvalue weighted by Crippen LogP contribution is 2.06. The molecule has 0 atom stereocenters. The van der Waals surface area contributed by atoms with Crippen LogP contribution in [-0.2, 0) is 4.74 Å². The Morgan fingerprint density at radius 2 is 1.00 bits per heavy atom. The number of rotatable bonds is 14. The lowest BCUT2D eigenvalue weighted by Gasteiger charge is -1.97. The third kappa shape index (κ3) is 17.7. The summed E-state index contributed by atoms with van der Waals surface area (Å²) in [5.41, 5.74) is 0. The molecule has 0 heterocycles. The Bertz CT molecular complexity index is 193. The van der Waals surface area contributed by atoms with Gasteiger partial charge in [-0.25, -0.2) is 0 Å². The first-order valence-corrected chi connectivity index (χ1v) is 11.2. The average molecular weight is 299 g/mol. The largest absolute Gasteiger partial charge is 0.473 e. The van der Waals surface area contributed by atoms with Gasteiger partial charge in [-0.3, -0.25) is 0 Å². The Morgan fingerprint density at radius 1 is 0.579 bits per heavy atom. The summed E-state index contributed by atoms with van der Waals surface area (Å²) in [7, 11) is 2.74. The normalized spacial score (nSPS) is 12.0. The van der Waals surface area contributed by atoms with E-state index in [1.54, 1.807) is 0 Å². The Morgan fingerprint density at radius 3 is 1.42 bits per heavy atom. The van der Waals surface area contributed by atoms with Crippen LogP contribution in [0.25, 0.3) is 0 Å². The van der Waals surface area contributed by atoms with E-state index in [9.17, 15) is 0 Å². The summed E-state index contributed by atoms with van der Waals surface area (Å²) in [6, 6.07) is 2.92. The van der Waals surface area contributed by atoms with Gasteiger partial charge in [-0.1, -0.05) is 50.6 Å². The summed E-state index contributed by atoms with van der Waals surface area (Å²) in [5.74, 6) is 0. The van der Waals surface area contributed by atoms with Crippen LogP contribution in [0.3, 0.4) is 0 Å². The van der Waals surface area contributed by atoms with E-state index in [1.165, 1.54) is 83.9 Å². The molecule has 0 unspecified atom stereocenters. The fourth-order valence-electron chi connectivity index (χ4n) is 2.02. The zero-order valence-corrected chi connectivity index (χ0v) is 17.2. The standard InChI is InChI=1S/C16H34OSi2/c18-15-11-7-3-1-5-9-13-17-14-10-6-2-4-8-12-16-19/h9-10,13-14H,1-8,11-12,15-16H2,18-19H3/b13-9+,14-10+. The van der Waals surface area contributed by atoms with E-state index >= 15 is 0 Å². The topological polar surface area (TPSA) is 9.23 Å². The molecule has 0 bridgehead atoms. The van der Waals surface area contributed by atoms with Crippen LogP contribution in [-0.4, -0.2) is 20.5 Å². The van der Waals surface area contributed by atoms with Gasteiger partial charge in [-0.2, -0.15) is 0 Å². The van der Waals surface area contributed by atoms with E-state index in [1.807, 2.05) is 12.5 Å². The van der Waals surface area contributed by atoms with Gasteiger partial charge in [0.15, 0.2) is 0 Å². The smallest absolute Gasteiger partial charge is 0.0861 e. The molecule has 19 heavy (non-hydrogen) atoms. The second kappa shape index (κ2) is 17.7. The van der Waals surface area contributed by atoms with Crippen LogP contribution < -0.4 is 0 Å². The van der Waals surface area contributed by atoms with Crippen LogP contribution in [0.15, 0.2) is 24.7 Å². The quantitative estimate of drug-likeness (QED) is 0.271. The molecule has 0 saturated carbocycles. The molecular weight excluding hydrogens is 264 g/mol. The van der Waals surface area contributed by atoms with Crippen molar-refractivity contribution in [3.05, 3.63) is 24.7 Å². The highest BCUT2D eigenvalue weighted by atomic mass is 28.1. The van der Waals surface area contributed by atoms with Crippen molar-refractivity contribution in [1.29, 1.82) is 0 Å². The lowest BCUT2D eigenvalue weighted by molar-refractivity contribution is 0.398. The van der Waals surface area contributed by atoms with E-state index in [0.717, 1.165) is 12.8 Å². The maximum Gasteiger partial charge on any atom is 0.0861 e. The van der Waals surface area contributed by atoms with Crippen molar-refractivity contribution >= 4 is 20.5 Å². The molecule has 0 aromatic heterocycles. The monoisotopic (exact) mass is 298 g/mol. The summed E-state index contributed by atoms with van der Waals surface area (Å²) in [4.78, 5) is 0. The first-order valence-electron chi connectivity index (χ1n) is 8.37. The van der Waals surface area contributed by atoms with Gasteiger partial charge in [0.1, 0.15) is 0 Å². The molecule has 0 N–H and O–H groups in total. The Labute approximate surface area is 126 Å². The predicted octanol–water partition coefficient (Wildman–Crippen LogP) is 3.50. The lowest BCUT2D eigenvalue weighted by Crippen LogP contribution is -1.78. The first-order chi connectivity index (χ1) is 9.41. The molecule has 0 spiro atoms. The minimum Gasteiger partial charge on any atom is -0.473 e. The fourth-order valence-corrected chi connectivity index (χ4v) is 3.02. The van der Waals surface area contributed by atoms with Gasteiger partial charge in [0.05, 0.1) is 12.5 Å². The third-order valence-electron chi connectivity index (χ3n) is 3.30. The molecule has 0 radical (unpaired) electrons. The first kappa shape index (κ1) is 18.7. The van der Waals surface area contributed by atoms with E-state index in [4.69, 9.17) is 4.74 Å². The number of hydrogen-bond donors (Lipinski definition) is 0. The lowest BCUT2D eigenvalue weighted by atomic mass is 10.1. The van der Waals surface area contributed by atoms with Crippen LogP contribution in [0.4, 0.5) is 0 Å². The van der Waals surface area contributed by atoms with E-state index in [0.29, 0.717) is 0 Å². The van der Waals surface area contributed by atoms with Gasteiger partial charge in [-0.05, 0) is 37.8 Å². The molecule has 0 aliphatic carbocycles. The number of ether oxygens (including phenoxy) is 1. The molecule has 0 aliphatic rings. The summed E-state index contributed by atoms with van der Waals surface area (Å²) < 4.78 is 5.34. The van der Waals surface area contributed by atoms with E-state index < -0.39 is 0 Å². The Kier molecular flexibility index (Phi) is 17.4. The summed E-state index contributed by atoms with van der Waals surface area (Å²) in [6.07, 6.45) is 21.4. The van der Waals surface area contributed by atoms with Crippen molar-refractivity contribution < 1.29 is 4.74 Å². The zero-order chi connectivity index (χ0) is 14.0. The van der Waals surface area contributed by atoms with Crippen molar-refractivity contribution in [1.82, 2.24) is 0 Å². The molecule has 0 fully saturated rings. The molecule has 3 heteroatoms. The van der Waals surface area contributed by atoms with Crippen LogP contribution >= 0.6 is 0 Å². The van der Waals surface area contributed by atoms with Crippen LogP contribution in [0, 0.1) is 0 Å². The highest BCUT2D eigenvalue weighted by Gasteiger charge is 1.87. The maximum absolute atomic E-state index is 5.34. The number of unbranched alkanes of at least 4 members (excludes halogenated alkanes) is 8. The number of allylic oxidation sites excluding steroid dienone is 2. The molecule has 0 aliphatic heterocycles. The van der Waals surface area contributed by atoms with Crippen molar-refractivity contribution in [2.45, 2.75) is 76.3 Å². The summed E-state index contributed by atoms with van der Waals surface area (Å²) >= 11 is 0. The zero-order valence-electron chi connectivity index (χ0n) is 13.2. The Balaban J connectivity index is 3.14. The van der Waals surface area contributed by atoms with Gasteiger partial charge < -0.3 is 4.74 Å². The van der Waals surface area contributed by atoms with Crippen molar-refractivity contribution in [2.75, 3.05) is 0 Å². The second-order valence-corrected chi connectivity index (χ2v) is 7.29. The van der Waals surface area contributed by atoms with Crippen molar-refractivity contribution in [3.8, 4) is 0 Å². The maximum atomic E-state index is 5.34. The summed E-state index contributed by atoms with van der Waals surface area (Å²) in [6.45, 7) is 0. The molecule has 0 amide bonds. The average Bonchev–Trinajstić information content (AvgIpc) is 2.43. The predicted molar refractivity (Wildman–Crippen MR) is 95.0 cm³/mol.